The Hall–Kier alpha value is -3.42. The zero-order valence-electron chi connectivity index (χ0n) is 17.4. The summed E-state index contributed by atoms with van der Waals surface area (Å²) in [4.78, 5) is 16.4. The molecule has 0 aliphatic heterocycles. The van der Waals surface area contributed by atoms with Crippen molar-refractivity contribution < 1.29 is 4.79 Å². The lowest BCUT2D eigenvalue weighted by atomic mass is 10.1. The molecule has 0 bridgehead atoms. The molecule has 1 N–H and O–H groups in total. The van der Waals surface area contributed by atoms with Crippen molar-refractivity contribution in [3.05, 3.63) is 70.6 Å². The molecule has 3 aromatic rings. The van der Waals surface area contributed by atoms with Crippen molar-refractivity contribution >= 4 is 12.0 Å². The van der Waals surface area contributed by atoms with Gasteiger partial charge in [-0.1, -0.05) is 22.9 Å². The fourth-order valence-electron chi connectivity index (χ4n) is 3.87. The van der Waals surface area contributed by atoms with Crippen LogP contribution in [-0.2, 0) is 25.9 Å². The van der Waals surface area contributed by atoms with E-state index in [0.717, 1.165) is 48.7 Å². The summed E-state index contributed by atoms with van der Waals surface area (Å²) in [7, 11) is 0. The van der Waals surface area contributed by atoms with Crippen molar-refractivity contribution in [3.63, 3.8) is 0 Å². The summed E-state index contributed by atoms with van der Waals surface area (Å²) in [6.07, 6.45) is 12.2. The number of carbonyl (C=O) groups excluding carboxylic acids is 1. The van der Waals surface area contributed by atoms with E-state index in [4.69, 9.17) is 0 Å². The molecule has 0 spiro atoms. The average molecular weight is 416 g/mol. The third-order valence-corrected chi connectivity index (χ3v) is 5.77. The van der Waals surface area contributed by atoms with Crippen LogP contribution < -0.4 is 5.32 Å². The molecule has 0 unspecified atom stereocenters. The van der Waals surface area contributed by atoms with E-state index in [-0.39, 0.29) is 5.91 Å². The second-order valence-electron chi connectivity index (χ2n) is 8.24. The van der Waals surface area contributed by atoms with E-state index in [1.807, 2.05) is 18.2 Å². The van der Waals surface area contributed by atoms with E-state index in [9.17, 15) is 4.79 Å². The minimum Gasteiger partial charge on any atom is -0.345 e. The fraction of sp³-hybridized carbons (Fsp3) is 0.391. The molecule has 1 fully saturated rings. The number of aryl methyl sites for hydroxylation is 2. The van der Waals surface area contributed by atoms with Crippen molar-refractivity contribution in [3.8, 4) is 0 Å². The maximum absolute atomic E-state index is 12.2. The first-order valence-corrected chi connectivity index (χ1v) is 10.9. The molecular weight excluding hydrogens is 390 g/mol. The number of carbonyl (C=O) groups is 1. The van der Waals surface area contributed by atoms with Gasteiger partial charge in [0.05, 0.1) is 29.8 Å². The Kier molecular flexibility index (Phi) is 5.52. The number of hydrogen-bond donors (Lipinski definition) is 1. The van der Waals surface area contributed by atoms with E-state index < -0.39 is 0 Å². The van der Waals surface area contributed by atoms with Crippen LogP contribution >= 0.6 is 0 Å². The SMILES string of the molecule is O=C(NCc1ccccn1)c1cn(CCCCc2cc3c(nn2)CC(C2CC2)=C3)nn1. The van der Waals surface area contributed by atoms with Crippen molar-refractivity contribution in [1.29, 1.82) is 0 Å². The molecule has 8 nitrogen and oxygen atoms in total. The number of nitrogens with one attached hydrogen (secondary N) is 1. The highest BCUT2D eigenvalue weighted by atomic mass is 16.2. The summed E-state index contributed by atoms with van der Waals surface area (Å²) in [6, 6.07) is 7.79. The maximum Gasteiger partial charge on any atom is 0.273 e. The number of rotatable bonds is 9. The van der Waals surface area contributed by atoms with Gasteiger partial charge in [-0.05, 0) is 61.8 Å². The number of allylic oxidation sites excluding steroid dienone is 1. The fourth-order valence-corrected chi connectivity index (χ4v) is 3.87. The number of unbranched alkanes of at least 4 members (excludes halogenated alkanes) is 1. The van der Waals surface area contributed by atoms with Gasteiger partial charge in [0, 0.05) is 19.2 Å². The first-order valence-electron chi connectivity index (χ1n) is 10.9. The standard InChI is InChI=1S/C23H25N7O/c31-23(25-14-20-6-1-3-9-24-20)22-15-30(29-28-22)10-4-2-5-19-12-18-11-17(16-7-8-16)13-21(18)27-26-19/h1,3,6,9,11-12,15-16H,2,4-5,7-8,10,13-14H2,(H,25,31). The third kappa shape index (κ3) is 4.84. The molecule has 2 aliphatic carbocycles. The summed E-state index contributed by atoms with van der Waals surface area (Å²) in [5.41, 5.74) is 6.08. The Balaban J connectivity index is 1.07. The molecule has 0 radical (unpaired) electrons. The average Bonchev–Trinajstić information content (AvgIpc) is 3.39. The predicted molar refractivity (Wildman–Crippen MR) is 115 cm³/mol. The smallest absolute Gasteiger partial charge is 0.273 e. The first kappa shape index (κ1) is 19.5. The van der Waals surface area contributed by atoms with Gasteiger partial charge in [0.15, 0.2) is 5.69 Å². The van der Waals surface area contributed by atoms with Crippen molar-refractivity contribution in [1.82, 2.24) is 35.5 Å². The van der Waals surface area contributed by atoms with Crippen LogP contribution in [0.15, 0.2) is 42.2 Å². The van der Waals surface area contributed by atoms with Gasteiger partial charge < -0.3 is 5.32 Å². The molecule has 0 aromatic carbocycles. The van der Waals surface area contributed by atoms with E-state index in [1.165, 1.54) is 24.0 Å². The first-order chi connectivity index (χ1) is 15.2. The molecule has 5 rings (SSSR count). The summed E-state index contributed by atoms with van der Waals surface area (Å²) in [5, 5.41) is 19.7. The van der Waals surface area contributed by atoms with Crippen molar-refractivity contribution in [2.75, 3.05) is 0 Å². The highest BCUT2D eigenvalue weighted by Gasteiger charge is 2.29. The van der Waals surface area contributed by atoms with Crippen molar-refractivity contribution in [2.45, 2.75) is 51.6 Å². The zero-order valence-corrected chi connectivity index (χ0v) is 17.4. The summed E-state index contributed by atoms with van der Waals surface area (Å²) < 4.78 is 1.72. The van der Waals surface area contributed by atoms with Crippen LogP contribution in [0.3, 0.4) is 0 Å². The number of aromatic nitrogens is 6. The molecule has 1 amide bonds. The van der Waals surface area contributed by atoms with E-state index >= 15 is 0 Å². The molecule has 0 atom stereocenters. The maximum atomic E-state index is 12.2. The number of amides is 1. The normalized spacial score (nSPS) is 14.9. The van der Waals surface area contributed by atoms with Gasteiger partial charge >= 0.3 is 0 Å². The zero-order chi connectivity index (χ0) is 21.0. The molecule has 31 heavy (non-hydrogen) atoms. The monoisotopic (exact) mass is 415 g/mol. The van der Waals surface area contributed by atoms with Gasteiger partial charge in [-0.3, -0.25) is 14.5 Å². The Morgan fingerprint density at radius 3 is 2.90 bits per heavy atom. The van der Waals surface area contributed by atoms with Crippen molar-refractivity contribution in [2.24, 2.45) is 5.92 Å². The van der Waals surface area contributed by atoms with Gasteiger partial charge in [-0.15, -0.1) is 5.10 Å². The Morgan fingerprint density at radius 1 is 1.13 bits per heavy atom. The molecule has 1 saturated carbocycles. The molecule has 2 aliphatic rings. The largest absolute Gasteiger partial charge is 0.345 e. The second kappa shape index (κ2) is 8.75. The van der Waals surface area contributed by atoms with Crippen LogP contribution in [0.5, 0.6) is 0 Å². The van der Waals surface area contributed by atoms with Gasteiger partial charge in [0.25, 0.3) is 5.91 Å². The van der Waals surface area contributed by atoms with Gasteiger partial charge in [0.2, 0.25) is 0 Å². The molecule has 158 valence electrons. The summed E-state index contributed by atoms with van der Waals surface area (Å²) in [5.74, 6) is 0.547. The minimum absolute atomic E-state index is 0.246. The highest BCUT2D eigenvalue weighted by Crippen LogP contribution is 2.41. The summed E-state index contributed by atoms with van der Waals surface area (Å²) >= 11 is 0. The molecule has 3 heterocycles. The number of pyridine rings is 1. The second-order valence-corrected chi connectivity index (χ2v) is 8.24. The lowest BCUT2D eigenvalue weighted by Gasteiger charge is -2.03. The lowest BCUT2D eigenvalue weighted by molar-refractivity contribution is 0.0945. The quantitative estimate of drug-likeness (QED) is 0.540. The van der Waals surface area contributed by atoms with Crippen LogP contribution in [0.25, 0.3) is 6.08 Å². The van der Waals surface area contributed by atoms with Crippen LogP contribution in [0.1, 0.15) is 58.8 Å². The Labute approximate surface area is 180 Å². The minimum atomic E-state index is -0.246. The molecule has 3 aromatic heterocycles. The van der Waals surface area contributed by atoms with Crippen LogP contribution in [-0.4, -0.2) is 36.1 Å². The highest BCUT2D eigenvalue weighted by molar-refractivity contribution is 5.91. The van der Waals surface area contributed by atoms with Crippen LogP contribution in [0, 0.1) is 5.92 Å². The Morgan fingerprint density at radius 2 is 2.06 bits per heavy atom. The predicted octanol–water partition coefficient (Wildman–Crippen LogP) is 2.77. The number of nitrogens with zero attached hydrogens (tertiary/aromatic N) is 6. The third-order valence-electron chi connectivity index (χ3n) is 5.77. The van der Waals surface area contributed by atoms with Crippen LogP contribution in [0.2, 0.25) is 0 Å². The van der Waals surface area contributed by atoms with Gasteiger partial charge in [0.1, 0.15) is 0 Å². The van der Waals surface area contributed by atoms with Gasteiger partial charge in [-0.2, -0.15) is 10.2 Å². The molecule has 0 saturated heterocycles. The molecular formula is C23H25N7O. The molecule has 8 heteroatoms. The number of hydrogen-bond acceptors (Lipinski definition) is 6. The van der Waals surface area contributed by atoms with Gasteiger partial charge in [-0.25, -0.2) is 0 Å². The van der Waals surface area contributed by atoms with E-state index in [2.05, 4.69) is 43.0 Å². The van der Waals surface area contributed by atoms with Crippen LogP contribution in [0.4, 0.5) is 0 Å². The summed E-state index contributed by atoms with van der Waals surface area (Å²) in [6.45, 7) is 1.08. The van der Waals surface area contributed by atoms with E-state index in [0.29, 0.717) is 18.8 Å². The number of fused-ring (bicyclic) bond motifs is 1. The topological polar surface area (TPSA) is 98.5 Å². The van der Waals surface area contributed by atoms with E-state index in [1.54, 1.807) is 17.1 Å². The lowest BCUT2D eigenvalue weighted by Crippen LogP contribution is -2.23. The Bertz CT molecular complexity index is 1100.